The van der Waals surface area contributed by atoms with E-state index in [-0.39, 0.29) is 0 Å². The Morgan fingerprint density at radius 2 is 1.94 bits per heavy atom. The molecule has 1 aromatic heterocycles. The molecule has 0 aliphatic carbocycles. The van der Waals surface area contributed by atoms with Crippen molar-refractivity contribution >= 4 is 11.6 Å². The van der Waals surface area contributed by atoms with E-state index >= 15 is 0 Å². The van der Waals surface area contributed by atoms with Gasteiger partial charge in [-0.05, 0) is 12.8 Å². The maximum atomic E-state index is 5.00. The lowest BCUT2D eigenvalue weighted by Crippen LogP contribution is -2.26. The van der Waals surface area contributed by atoms with Crippen LogP contribution < -0.4 is 10.2 Å². The van der Waals surface area contributed by atoms with Crippen LogP contribution in [0.25, 0.3) is 0 Å². The molecule has 0 aliphatic heterocycles. The van der Waals surface area contributed by atoms with E-state index in [1.807, 2.05) is 6.07 Å². The van der Waals surface area contributed by atoms with Gasteiger partial charge in [-0.3, -0.25) is 0 Å². The minimum absolute atomic E-state index is 0.674. The van der Waals surface area contributed by atoms with Crippen molar-refractivity contribution in [3.8, 4) is 0 Å². The molecule has 0 bridgehead atoms. The van der Waals surface area contributed by atoms with Crippen LogP contribution in [-0.2, 0) is 4.74 Å². The summed E-state index contributed by atoms with van der Waals surface area (Å²) in [5, 5.41) is 3.22. The highest BCUT2D eigenvalue weighted by atomic mass is 16.5. The Bertz CT molecular complexity index is 327. The zero-order valence-electron chi connectivity index (χ0n) is 11.6. The lowest BCUT2D eigenvalue weighted by atomic mass is 10.3. The first kappa shape index (κ1) is 14.7. The molecular formula is C13H24N4O. The first-order valence-corrected chi connectivity index (χ1v) is 6.61. The van der Waals surface area contributed by atoms with Crippen LogP contribution in [0.3, 0.4) is 0 Å². The van der Waals surface area contributed by atoms with Crippen LogP contribution in [-0.4, -0.2) is 43.3 Å². The summed E-state index contributed by atoms with van der Waals surface area (Å²) in [5.74, 6) is 1.85. The van der Waals surface area contributed by atoms with Crippen LogP contribution in [0.4, 0.5) is 11.6 Å². The summed E-state index contributed by atoms with van der Waals surface area (Å²) in [6.07, 6.45) is 3.86. The second kappa shape index (κ2) is 8.69. The molecule has 0 aromatic carbocycles. The SMILES string of the molecule is CCCN(CCC)c1cc(NCCOC)ncn1. The number of methoxy groups -OCH3 is 1. The second-order valence-electron chi connectivity index (χ2n) is 4.17. The third-order valence-corrected chi connectivity index (χ3v) is 2.58. The van der Waals surface area contributed by atoms with Gasteiger partial charge in [0.1, 0.15) is 18.0 Å². The molecule has 102 valence electrons. The van der Waals surface area contributed by atoms with Gasteiger partial charge in [0, 0.05) is 32.8 Å². The van der Waals surface area contributed by atoms with Crippen molar-refractivity contribution in [1.82, 2.24) is 9.97 Å². The Morgan fingerprint density at radius 1 is 1.22 bits per heavy atom. The molecule has 0 atom stereocenters. The molecule has 1 rings (SSSR count). The lowest BCUT2D eigenvalue weighted by Gasteiger charge is -2.22. The Kier molecular flexibility index (Phi) is 7.10. The Morgan fingerprint density at radius 3 is 2.56 bits per heavy atom. The topological polar surface area (TPSA) is 50.3 Å². The van der Waals surface area contributed by atoms with Gasteiger partial charge >= 0.3 is 0 Å². The van der Waals surface area contributed by atoms with E-state index in [2.05, 4.69) is 34.0 Å². The molecule has 1 aromatic rings. The van der Waals surface area contributed by atoms with Crippen molar-refractivity contribution in [2.75, 3.05) is 43.6 Å². The molecule has 1 heterocycles. The standard InChI is InChI=1S/C13H24N4O/c1-4-7-17(8-5-2)13-10-12(15-11-16-13)14-6-9-18-3/h10-11H,4-9H2,1-3H3,(H,14,15,16). The molecule has 1 N–H and O–H groups in total. The monoisotopic (exact) mass is 252 g/mol. The summed E-state index contributed by atoms with van der Waals surface area (Å²) < 4.78 is 5.00. The van der Waals surface area contributed by atoms with Gasteiger partial charge in [-0.15, -0.1) is 0 Å². The first-order valence-electron chi connectivity index (χ1n) is 6.61. The van der Waals surface area contributed by atoms with E-state index in [4.69, 9.17) is 4.74 Å². The maximum absolute atomic E-state index is 5.00. The molecule has 0 aliphatic rings. The van der Waals surface area contributed by atoms with Gasteiger partial charge in [0.2, 0.25) is 0 Å². The van der Waals surface area contributed by atoms with Gasteiger partial charge in [0.25, 0.3) is 0 Å². The summed E-state index contributed by atoms with van der Waals surface area (Å²) in [6.45, 7) is 7.86. The van der Waals surface area contributed by atoms with E-state index in [1.54, 1.807) is 13.4 Å². The molecule has 5 heteroatoms. The normalized spacial score (nSPS) is 10.4. The number of nitrogens with zero attached hydrogens (tertiary/aromatic N) is 3. The number of anilines is 2. The molecule has 0 unspecified atom stereocenters. The van der Waals surface area contributed by atoms with E-state index in [0.29, 0.717) is 6.61 Å². The summed E-state index contributed by atoms with van der Waals surface area (Å²) in [6, 6.07) is 2.00. The van der Waals surface area contributed by atoms with Gasteiger partial charge in [-0.2, -0.15) is 0 Å². The first-order chi connectivity index (χ1) is 8.81. The zero-order chi connectivity index (χ0) is 13.2. The molecule has 5 nitrogen and oxygen atoms in total. The summed E-state index contributed by atoms with van der Waals surface area (Å²) in [5.41, 5.74) is 0. The fraction of sp³-hybridized carbons (Fsp3) is 0.692. The summed E-state index contributed by atoms with van der Waals surface area (Å²) in [7, 11) is 1.69. The Balaban J connectivity index is 2.65. The average molecular weight is 252 g/mol. The Hall–Kier alpha value is -1.36. The van der Waals surface area contributed by atoms with Crippen LogP contribution in [0, 0.1) is 0 Å². The fourth-order valence-corrected chi connectivity index (χ4v) is 1.78. The van der Waals surface area contributed by atoms with Gasteiger partial charge < -0.3 is 15.0 Å². The third kappa shape index (κ3) is 4.87. The molecule has 0 saturated carbocycles. The van der Waals surface area contributed by atoms with E-state index in [1.165, 1.54) is 0 Å². The molecule has 0 spiro atoms. The average Bonchev–Trinajstić information content (AvgIpc) is 2.39. The zero-order valence-corrected chi connectivity index (χ0v) is 11.6. The fourth-order valence-electron chi connectivity index (χ4n) is 1.78. The van der Waals surface area contributed by atoms with Crippen LogP contribution in [0.2, 0.25) is 0 Å². The number of rotatable bonds is 9. The number of nitrogens with one attached hydrogen (secondary N) is 1. The van der Waals surface area contributed by atoms with E-state index in [9.17, 15) is 0 Å². The van der Waals surface area contributed by atoms with Gasteiger partial charge in [-0.1, -0.05) is 13.8 Å². The highest BCUT2D eigenvalue weighted by Gasteiger charge is 2.07. The highest BCUT2D eigenvalue weighted by Crippen LogP contribution is 2.14. The van der Waals surface area contributed by atoms with Crippen molar-refractivity contribution in [3.63, 3.8) is 0 Å². The molecular weight excluding hydrogens is 228 g/mol. The maximum Gasteiger partial charge on any atom is 0.134 e. The third-order valence-electron chi connectivity index (χ3n) is 2.58. The number of aromatic nitrogens is 2. The van der Waals surface area contributed by atoms with Crippen LogP contribution in [0.5, 0.6) is 0 Å². The minimum atomic E-state index is 0.674. The van der Waals surface area contributed by atoms with Crippen molar-refractivity contribution < 1.29 is 4.74 Å². The molecule has 0 saturated heterocycles. The molecule has 0 fully saturated rings. The largest absolute Gasteiger partial charge is 0.383 e. The summed E-state index contributed by atoms with van der Waals surface area (Å²) >= 11 is 0. The van der Waals surface area contributed by atoms with Crippen LogP contribution in [0.15, 0.2) is 12.4 Å². The van der Waals surface area contributed by atoms with Crippen molar-refractivity contribution in [1.29, 1.82) is 0 Å². The van der Waals surface area contributed by atoms with Crippen LogP contribution in [0.1, 0.15) is 26.7 Å². The molecule has 18 heavy (non-hydrogen) atoms. The van der Waals surface area contributed by atoms with Crippen molar-refractivity contribution in [3.05, 3.63) is 12.4 Å². The van der Waals surface area contributed by atoms with E-state index < -0.39 is 0 Å². The quantitative estimate of drug-likeness (QED) is 0.683. The second-order valence-corrected chi connectivity index (χ2v) is 4.17. The van der Waals surface area contributed by atoms with Crippen molar-refractivity contribution in [2.45, 2.75) is 26.7 Å². The smallest absolute Gasteiger partial charge is 0.134 e. The predicted molar refractivity (Wildman–Crippen MR) is 75.2 cm³/mol. The number of hydrogen-bond acceptors (Lipinski definition) is 5. The van der Waals surface area contributed by atoms with Crippen molar-refractivity contribution in [2.24, 2.45) is 0 Å². The highest BCUT2D eigenvalue weighted by molar-refractivity contribution is 5.48. The minimum Gasteiger partial charge on any atom is -0.383 e. The number of ether oxygens (including phenoxy) is 1. The van der Waals surface area contributed by atoms with Gasteiger partial charge in [0.05, 0.1) is 6.61 Å². The molecule has 0 radical (unpaired) electrons. The van der Waals surface area contributed by atoms with Gasteiger partial charge in [-0.25, -0.2) is 9.97 Å². The number of hydrogen-bond donors (Lipinski definition) is 1. The molecule has 0 amide bonds. The summed E-state index contributed by atoms with van der Waals surface area (Å²) in [4.78, 5) is 10.9. The lowest BCUT2D eigenvalue weighted by molar-refractivity contribution is 0.210. The van der Waals surface area contributed by atoms with E-state index in [0.717, 1.165) is 44.1 Å². The van der Waals surface area contributed by atoms with Crippen LogP contribution >= 0.6 is 0 Å². The van der Waals surface area contributed by atoms with Gasteiger partial charge in [0.15, 0.2) is 0 Å². The predicted octanol–water partition coefficient (Wildman–Crippen LogP) is 2.16. The Labute approximate surface area is 110 Å².